The van der Waals surface area contributed by atoms with E-state index in [1.54, 1.807) is 19.1 Å². The summed E-state index contributed by atoms with van der Waals surface area (Å²) in [5.74, 6) is -0.511. The van der Waals surface area contributed by atoms with E-state index < -0.39 is 22.5 Å². The van der Waals surface area contributed by atoms with Crippen molar-refractivity contribution < 1.29 is 19.2 Å². The number of ether oxygens (including phenoxy) is 1. The van der Waals surface area contributed by atoms with Crippen molar-refractivity contribution >= 4 is 5.69 Å². The molecular weight excluding hydrogens is 267 g/mol. The molecule has 0 radical (unpaired) electrons. The number of nitrogens with zero attached hydrogens (tertiary/aromatic N) is 2. The number of aromatic nitrogens is 1. The summed E-state index contributed by atoms with van der Waals surface area (Å²) in [4.78, 5) is 13.6. The second kappa shape index (κ2) is 5.62. The maximum Gasteiger partial charge on any atom is 0.305 e. The third-order valence-corrected chi connectivity index (χ3v) is 2.54. The summed E-state index contributed by atoms with van der Waals surface area (Å²) in [6.07, 6.45) is 0.683. The van der Waals surface area contributed by atoms with E-state index in [9.17, 15) is 19.6 Å². The molecule has 1 atom stereocenters. The Bertz CT molecular complexity index is 629. The Morgan fingerprint density at radius 2 is 2.05 bits per heavy atom. The van der Waals surface area contributed by atoms with Crippen LogP contribution in [0.2, 0.25) is 0 Å². The van der Waals surface area contributed by atoms with Crippen molar-refractivity contribution in [2.24, 2.45) is 0 Å². The lowest BCUT2D eigenvalue weighted by atomic mass is 10.2. The summed E-state index contributed by atoms with van der Waals surface area (Å²) in [5.41, 5.74) is -0.132. The van der Waals surface area contributed by atoms with Crippen LogP contribution in [0.25, 0.3) is 0 Å². The molecular formula is C13H11FN2O4. The highest BCUT2D eigenvalue weighted by atomic mass is 19.1. The number of hydrogen-bond acceptors (Lipinski definition) is 5. The number of benzene rings is 1. The number of nitro benzene ring substituents is 1. The highest BCUT2D eigenvalue weighted by molar-refractivity contribution is 5.39. The van der Waals surface area contributed by atoms with Gasteiger partial charge in [-0.2, -0.15) is 4.39 Å². The highest BCUT2D eigenvalue weighted by Gasteiger charge is 2.14. The molecule has 0 amide bonds. The van der Waals surface area contributed by atoms with Crippen LogP contribution >= 0.6 is 0 Å². The van der Waals surface area contributed by atoms with Gasteiger partial charge >= 0.3 is 5.69 Å². The van der Waals surface area contributed by atoms with E-state index in [-0.39, 0.29) is 5.75 Å². The van der Waals surface area contributed by atoms with Crippen molar-refractivity contribution in [3.63, 3.8) is 0 Å². The van der Waals surface area contributed by atoms with E-state index in [4.69, 9.17) is 4.74 Å². The molecule has 0 unspecified atom stereocenters. The average molecular weight is 278 g/mol. The zero-order valence-electron chi connectivity index (χ0n) is 10.5. The number of aliphatic hydroxyl groups excluding tert-OH is 1. The van der Waals surface area contributed by atoms with Crippen LogP contribution < -0.4 is 4.74 Å². The minimum absolute atomic E-state index is 0.125. The van der Waals surface area contributed by atoms with Gasteiger partial charge in [-0.3, -0.25) is 15.1 Å². The van der Waals surface area contributed by atoms with Gasteiger partial charge in [0.15, 0.2) is 0 Å². The Hall–Kier alpha value is -2.54. The molecule has 1 heterocycles. The fourth-order valence-corrected chi connectivity index (χ4v) is 1.53. The zero-order chi connectivity index (χ0) is 14.7. The van der Waals surface area contributed by atoms with E-state index in [0.717, 1.165) is 12.1 Å². The van der Waals surface area contributed by atoms with Crippen LogP contribution in [-0.2, 0) is 0 Å². The normalized spacial score (nSPS) is 11.9. The van der Waals surface area contributed by atoms with Gasteiger partial charge in [0, 0.05) is 12.1 Å². The van der Waals surface area contributed by atoms with Gasteiger partial charge in [-0.1, -0.05) is 0 Å². The molecule has 7 heteroatoms. The van der Waals surface area contributed by atoms with E-state index >= 15 is 0 Å². The van der Waals surface area contributed by atoms with Gasteiger partial charge in [0.1, 0.15) is 11.5 Å². The maximum absolute atomic E-state index is 13.4. The highest BCUT2D eigenvalue weighted by Crippen LogP contribution is 2.26. The van der Waals surface area contributed by atoms with Crippen molar-refractivity contribution in [2.45, 2.75) is 13.0 Å². The molecule has 0 bridgehead atoms. The Labute approximate surface area is 113 Å². The van der Waals surface area contributed by atoms with Gasteiger partial charge in [0.05, 0.1) is 22.9 Å². The van der Waals surface area contributed by atoms with E-state index in [2.05, 4.69) is 4.98 Å². The molecule has 2 aromatic rings. The average Bonchev–Trinajstić information content (AvgIpc) is 2.39. The fraction of sp³-hybridized carbons (Fsp3) is 0.154. The number of rotatable bonds is 4. The van der Waals surface area contributed by atoms with Gasteiger partial charge < -0.3 is 9.84 Å². The maximum atomic E-state index is 13.4. The van der Waals surface area contributed by atoms with Crippen molar-refractivity contribution in [1.29, 1.82) is 0 Å². The first-order valence-corrected chi connectivity index (χ1v) is 5.73. The van der Waals surface area contributed by atoms with Crippen LogP contribution in [0.4, 0.5) is 10.1 Å². The first-order chi connectivity index (χ1) is 9.47. The van der Waals surface area contributed by atoms with Crippen LogP contribution in [0.5, 0.6) is 11.5 Å². The van der Waals surface area contributed by atoms with E-state index in [1.165, 1.54) is 12.3 Å². The summed E-state index contributed by atoms with van der Waals surface area (Å²) < 4.78 is 18.7. The van der Waals surface area contributed by atoms with Crippen LogP contribution in [-0.4, -0.2) is 15.0 Å². The quantitative estimate of drug-likeness (QED) is 0.686. The Morgan fingerprint density at radius 1 is 1.35 bits per heavy atom. The molecule has 6 nitrogen and oxygen atoms in total. The lowest BCUT2D eigenvalue weighted by molar-refractivity contribution is -0.387. The molecule has 0 aliphatic rings. The summed E-state index contributed by atoms with van der Waals surface area (Å²) in [5, 5.41) is 19.8. The summed E-state index contributed by atoms with van der Waals surface area (Å²) >= 11 is 0. The van der Waals surface area contributed by atoms with Crippen molar-refractivity contribution in [3.05, 3.63) is 58.2 Å². The molecule has 0 aliphatic heterocycles. The SMILES string of the molecule is C[C@@H](O)c1ccc(Oc2ccc([N+](=O)[O-])c(F)c2)cn1. The molecule has 20 heavy (non-hydrogen) atoms. The van der Waals surface area contributed by atoms with Crippen LogP contribution in [0.3, 0.4) is 0 Å². The predicted molar refractivity (Wildman–Crippen MR) is 68.0 cm³/mol. The van der Waals surface area contributed by atoms with E-state index in [1.807, 2.05) is 0 Å². The molecule has 0 spiro atoms. The number of pyridine rings is 1. The molecule has 0 saturated carbocycles. The lowest BCUT2D eigenvalue weighted by Gasteiger charge is -2.07. The van der Waals surface area contributed by atoms with Gasteiger partial charge in [0.25, 0.3) is 0 Å². The standard InChI is InChI=1S/C13H11FN2O4/c1-8(17)12-4-2-10(7-15-12)20-9-3-5-13(16(18)19)11(14)6-9/h2-8,17H,1H3/t8-/m1/s1. The van der Waals surface area contributed by atoms with Crippen molar-refractivity contribution in [1.82, 2.24) is 4.98 Å². The molecule has 0 aliphatic carbocycles. The molecule has 1 aromatic heterocycles. The third kappa shape index (κ3) is 3.07. The first kappa shape index (κ1) is 13.9. The minimum atomic E-state index is -0.971. The number of aliphatic hydroxyl groups is 1. The van der Waals surface area contributed by atoms with Crippen LogP contribution in [0.1, 0.15) is 18.7 Å². The number of hydrogen-bond donors (Lipinski definition) is 1. The monoisotopic (exact) mass is 278 g/mol. The second-order valence-corrected chi connectivity index (χ2v) is 4.07. The summed E-state index contributed by atoms with van der Waals surface area (Å²) in [6.45, 7) is 1.58. The summed E-state index contributed by atoms with van der Waals surface area (Å²) in [6, 6.07) is 6.39. The molecule has 2 rings (SSSR count). The number of halogens is 1. The number of nitro groups is 1. The smallest absolute Gasteiger partial charge is 0.305 e. The Morgan fingerprint density at radius 3 is 2.55 bits per heavy atom. The molecule has 1 aromatic carbocycles. The minimum Gasteiger partial charge on any atom is -0.456 e. The second-order valence-electron chi connectivity index (χ2n) is 4.07. The van der Waals surface area contributed by atoms with Crippen LogP contribution in [0.15, 0.2) is 36.5 Å². The Balaban J connectivity index is 2.17. The van der Waals surface area contributed by atoms with Crippen LogP contribution in [0, 0.1) is 15.9 Å². The molecule has 104 valence electrons. The fourth-order valence-electron chi connectivity index (χ4n) is 1.53. The lowest BCUT2D eigenvalue weighted by Crippen LogP contribution is -1.96. The zero-order valence-corrected chi connectivity index (χ0v) is 10.5. The summed E-state index contributed by atoms with van der Waals surface area (Å²) in [7, 11) is 0. The predicted octanol–water partition coefficient (Wildman–Crippen LogP) is 2.97. The van der Waals surface area contributed by atoms with Gasteiger partial charge in [-0.15, -0.1) is 0 Å². The van der Waals surface area contributed by atoms with Gasteiger partial charge in [-0.05, 0) is 25.1 Å². The molecule has 0 fully saturated rings. The van der Waals surface area contributed by atoms with Gasteiger partial charge in [0.2, 0.25) is 5.82 Å². The topological polar surface area (TPSA) is 85.5 Å². The largest absolute Gasteiger partial charge is 0.456 e. The first-order valence-electron chi connectivity index (χ1n) is 5.73. The van der Waals surface area contributed by atoms with Gasteiger partial charge in [-0.25, -0.2) is 0 Å². The Kier molecular flexibility index (Phi) is 3.90. The van der Waals surface area contributed by atoms with Crippen molar-refractivity contribution in [2.75, 3.05) is 0 Å². The third-order valence-electron chi connectivity index (χ3n) is 2.54. The van der Waals surface area contributed by atoms with E-state index in [0.29, 0.717) is 11.4 Å². The molecule has 1 N–H and O–H groups in total. The van der Waals surface area contributed by atoms with Crippen molar-refractivity contribution in [3.8, 4) is 11.5 Å². The molecule has 0 saturated heterocycles.